The molecule has 0 radical (unpaired) electrons. The molecule has 0 aliphatic carbocycles. The molecule has 0 saturated heterocycles. The van der Waals surface area contributed by atoms with Crippen LogP contribution in [0.25, 0.3) is 10.9 Å². The lowest BCUT2D eigenvalue weighted by atomic mass is 9.96. The molecule has 2 N–H and O–H groups in total. The first-order valence-electron chi connectivity index (χ1n) is 7.45. The molecule has 1 unspecified atom stereocenters. The van der Waals surface area contributed by atoms with Gasteiger partial charge in [0.15, 0.2) is 0 Å². The SMILES string of the molecule is CCc1ccc(C(N)Cc2ccnc3ccccc23)cc1. The van der Waals surface area contributed by atoms with Crippen molar-refractivity contribution in [1.82, 2.24) is 4.98 Å². The summed E-state index contributed by atoms with van der Waals surface area (Å²) in [4.78, 5) is 4.40. The van der Waals surface area contributed by atoms with Gasteiger partial charge in [0.2, 0.25) is 0 Å². The highest BCUT2D eigenvalue weighted by Crippen LogP contribution is 2.22. The van der Waals surface area contributed by atoms with E-state index >= 15 is 0 Å². The summed E-state index contributed by atoms with van der Waals surface area (Å²) in [5.74, 6) is 0. The molecule has 0 amide bonds. The number of pyridine rings is 1. The summed E-state index contributed by atoms with van der Waals surface area (Å²) in [5, 5.41) is 1.20. The molecule has 0 spiro atoms. The quantitative estimate of drug-likeness (QED) is 0.781. The summed E-state index contributed by atoms with van der Waals surface area (Å²) >= 11 is 0. The van der Waals surface area contributed by atoms with Crippen molar-refractivity contribution in [3.63, 3.8) is 0 Å². The standard InChI is InChI=1S/C19H20N2/c1-2-14-7-9-15(10-8-14)18(20)13-16-11-12-21-19-6-4-3-5-17(16)19/h3-12,18H,2,13,20H2,1H3. The number of aryl methyl sites for hydroxylation is 1. The number of benzene rings is 2. The lowest BCUT2D eigenvalue weighted by Crippen LogP contribution is -2.13. The summed E-state index contributed by atoms with van der Waals surface area (Å²) in [6, 6.07) is 18.9. The Kier molecular flexibility index (Phi) is 3.98. The Morgan fingerprint density at radius 2 is 1.76 bits per heavy atom. The summed E-state index contributed by atoms with van der Waals surface area (Å²) in [5.41, 5.74) is 11.2. The van der Waals surface area contributed by atoms with Crippen LogP contribution in [0.1, 0.15) is 29.7 Å². The van der Waals surface area contributed by atoms with Crippen molar-refractivity contribution in [2.24, 2.45) is 5.73 Å². The molecule has 3 aromatic rings. The largest absolute Gasteiger partial charge is 0.324 e. The van der Waals surface area contributed by atoms with Gasteiger partial charge in [-0.05, 0) is 41.7 Å². The fraction of sp³-hybridized carbons (Fsp3) is 0.211. The van der Waals surface area contributed by atoms with Crippen LogP contribution in [0, 0.1) is 0 Å². The van der Waals surface area contributed by atoms with Gasteiger partial charge in [-0.3, -0.25) is 4.98 Å². The number of nitrogens with zero attached hydrogens (tertiary/aromatic N) is 1. The zero-order chi connectivity index (χ0) is 14.7. The van der Waals surface area contributed by atoms with Crippen molar-refractivity contribution in [1.29, 1.82) is 0 Å². The van der Waals surface area contributed by atoms with Crippen molar-refractivity contribution in [3.05, 3.63) is 77.5 Å². The first-order valence-corrected chi connectivity index (χ1v) is 7.45. The number of fused-ring (bicyclic) bond motifs is 1. The van der Waals surface area contributed by atoms with E-state index in [0.717, 1.165) is 18.4 Å². The lowest BCUT2D eigenvalue weighted by molar-refractivity contribution is 0.724. The second-order valence-electron chi connectivity index (χ2n) is 5.39. The van der Waals surface area contributed by atoms with Crippen LogP contribution in [0.2, 0.25) is 0 Å². The van der Waals surface area contributed by atoms with Crippen LogP contribution in [0.5, 0.6) is 0 Å². The molecule has 2 aromatic carbocycles. The van der Waals surface area contributed by atoms with Gasteiger partial charge in [0.05, 0.1) is 5.52 Å². The Labute approximate surface area is 125 Å². The van der Waals surface area contributed by atoms with Gasteiger partial charge in [-0.25, -0.2) is 0 Å². The maximum absolute atomic E-state index is 6.39. The van der Waals surface area contributed by atoms with E-state index in [-0.39, 0.29) is 6.04 Å². The van der Waals surface area contributed by atoms with Crippen LogP contribution in [-0.4, -0.2) is 4.98 Å². The zero-order valence-corrected chi connectivity index (χ0v) is 12.3. The third kappa shape index (κ3) is 2.96. The molecule has 0 saturated carbocycles. The van der Waals surface area contributed by atoms with Gasteiger partial charge in [-0.15, -0.1) is 0 Å². The fourth-order valence-corrected chi connectivity index (χ4v) is 2.69. The average molecular weight is 276 g/mol. The van der Waals surface area contributed by atoms with Gasteiger partial charge < -0.3 is 5.73 Å². The van der Waals surface area contributed by atoms with Crippen LogP contribution in [0.15, 0.2) is 60.8 Å². The minimum atomic E-state index is 0.0155. The predicted octanol–water partition coefficient (Wildman–Crippen LogP) is 4.04. The number of aromatic nitrogens is 1. The normalized spacial score (nSPS) is 12.5. The summed E-state index contributed by atoms with van der Waals surface area (Å²) in [6.45, 7) is 2.16. The van der Waals surface area contributed by atoms with Crippen LogP contribution < -0.4 is 5.73 Å². The predicted molar refractivity (Wildman–Crippen MR) is 88.2 cm³/mol. The van der Waals surface area contributed by atoms with Crippen LogP contribution in [0.3, 0.4) is 0 Å². The smallest absolute Gasteiger partial charge is 0.0704 e. The van der Waals surface area contributed by atoms with Crippen molar-refractivity contribution in [2.45, 2.75) is 25.8 Å². The summed E-state index contributed by atoms with van der Waals surface area (Å²) in [6.07, 6.45) is 3.75. The van der Waals surface area contributed by atoms with Crippen LogP contribution in [-0.2, 0) is 12.8 Å². The second-order valence-corrected chi connectivity index (χ2v) is 5.39. The molecule has 0 aliphatic rings. The molecular weight excluding hydrogens is 256 g/mol. The topological polar surface area (TPSA) is 38.9 Å². The van der Waals surface area contributed by atoms with Gasteiger partial charge in [-0.2, -0.15) is 0 Å². The third-order valence-electron chi connectivity index (χ3n) is 4.00. The van der Waals surface area contributed by atoms with Gasteiger partial charge >= 0.3 is 0 Å². The number of hydrogen-bond acceptors (Lipinski definition) is 2. The van der Waals surface area contributed by atoms with Crippen LogP contribution in [0.4, 0.5) is 0 Å². The van der Waals surface area contributed by atoms with E-state index in [1.165, 1.54) is 22.1 Å². The van der Waals surface area contributed by atoms with Gasteiger partial charge in [0.1, 0.15) is 0 Å². The molecule has 106 valence electrons. The Hall–Kier alpha value is -2.19. The summed E-state index contributed by atoms with van der Waals surface area (Å²) < 4.78 is 0. The first kappa shape index (κ1) is 13.8. The second kappa shape index (κ2) is 6.06. The third-order valence-corrected chi connectivity index (χ3v) is 4.00. The molecule has 2 heteroatoms. The maximum Gasteiger partial charge on any atom is 0.0704 e. The maximum atomic E-state index is 6.39. The van der Waals surface area contributed by atoms with E-state index in [9.17, 15) is 0 Å². The van der Waals surface area contributed by atoms with Crippen LogP contribution >= 0.6 is 0 Å². The Morgan fingerprint density at radius 3 is 2.52 bits per heavy atom. The zero-order valence-electron chi connectivity index (χ0n) is 12.3. The van der Waals surface area contributed by atoms with Crippen molar-refractivity contribution in [2.75, 3.05) is 0 Å². The number of hydrogen-bond donors (Lipinski definition) is 1. The number of para-hydroxylation sites is 1. The minimum Gasteiger partial charge on any atom is -0.324 e. The lowest BCUT2D eigenvalue weighted by Gasteiger charge is -2.14. The van der Waals surface area contributed by atoms with Gasteiger partial charge in [0.25, 0.3) is 0 Å². The molecule has 3 rings (SSSR count). The molecule has 1 aromatic heterocycles. The minimum absolute atomic E-state index is 0.0155. The molecule has 2 nitrogen and oxygen atoms in total. The molecule has 1 atom stereocenters. The highest BCUT2D eigenvalue weighted by molar-refractivity contribution is 5.81. The van der Waals surface area contributed by atoms with Gasteiger partial charge in [-0.1, -0.05) is 49.4 Å². The fourth-order valence-electron chi connectivity index (χ4n) is 2.69. The Balaban J connectivity index is 1.87. The number of rotatable bonds is 4. The average Bonchev–Trinajstić information content (AvgIpc) is 2.55. The molecular formula is C19H20N2. The Bertz CT molecular complexity index is 727. The van der Waals surface area contributed by atoms with E-state index in [2.05, 4.69) is 54.4 Å². The Morgan fingerprint density at radius 1 is 1.00 bits per heavy atom. The molecule has 0 bridgehead atoms. The van der Waals surface area contributed by atoms with E-state index in [0.29, 0.717) is 0 Å². The number of nitrogens with two attached hydrogens (primary N) is 1. The highest BCUT2D eigenvalue weighted by Gasteiger charge is 2.09. The first-order chi connectivity index (χ1) is 10.3. The monoisotopic (exact) mass is 276 g/mol. The van der Waals surface area contributed by atoms with E-state index in [1.54, 1.807) is 0 Å². The molecule has 1 heterocycles. The van der Waals surface area contributed by atoms with E-state index in [4.69, 9.17) is 5.73 Å². The van der Waals surface area contributed by atoms with Crippen molar-refractivity contribution in [3.8, 4) is 0 Å². The highest BCUT2D eigenvalue weighted by atomic mass is 14.7. The van der Waals surface area contributed by atoms with Gasteiger partial charge in [0, 0.05) is 17.6 Å². The summed E-state index contributed by atoms with van der Waals surface area (Å²) in [7, 11) is 0. The molecule has 0 fully saturated rings. The van der Waals surface area contributed by atoms with E-state index < -0.39 is 0 Å². The van der Waals surface area contributed by atoms with Crippen molar-refractivity contribution >= 4 is 10.9 Å². The van der Waals surface area contributed by atoms with E-state index in [1.807, 2.05) is 18.3 Å². The van der Waals surface area contributed by atoms with Crippen molar-refractivity contribution < 1.29 is 0 Å². The molecule has 21 heavy (non-hydrogen) atoms. The molecule has 0 aliphatic heterocycles.